The average molecular weight is 295 g/mol. The first kappa shape index (κ1) is 14.1. The number of rotatable bonds is 3. The summed E-state index contributed by atoms with van der Waals surface area (Å²) < 4.78 is 5.79. The summed E-state index contributed by atoms with van der Waals surface area (Å²) in [6.45, 7) is 1.63. The Bertz CT molecular complexity index is 664. The minimum Gasteiger partial charge on any atom is -0.504 e. The van der Waals surface area contributed by atoms with Gasteiger partial charge in [0.2, 0.25) is 0 Å². The van der Waals surface area contributed by atoms with E-state index in [2.05, 4.69) is 10.3 Å². The minimum atomic E-state index is -0.515. The zero-order valence-electron chi connectivity index (χ0n) is 10.9. The van der Waals surface area contributed by atoms with Gasteiger partial charge < -0.3 is 14.7 Å². The summed E-state index contributed by atoms with van der Waals surface area (Å²) in [6.07, 6.45) is 0.178. The van der Waals surface area contributed by atoms with E-state index >= 15 is 0 Å². The van der Waals surface area contributed by atoms with Crippen molar-refractivity contribution in [2.24, 2.45) is 0 Å². The van der Waals surface area contributed by atoms with Crippen molar-refractivity contribution >= 4 is 33.3 Å². The molecule has 0 atom stereocenters. The maximum absolute atomic E-state index is 11.8. The number of hydrogen-bond acceptors (Lipinski definition) is 6. The van der Waals surface area contributed by atoms with Crippen LogP contribution in [0.1, 0.15) is 23.0 Å². The Labute approximate surface area is 118 Å². The molecular formula is C13H13NO5S. The largest absolute Gasteiger partial charge is 0.504 e. The number of nitrogens with one attached hydrogen (secondary N) is 1. The Morgan fingerprint density at radius 3 is 2.75 bits per heavy atom. The van der Waals surface area contributed by atoms with Crippen LogP contribution in [0.25, 0.3) is 10.1 Å². The van der Waals surface area contributed by atoms with E-state index in [1.807, 2.05) is 0 Å². The van der Waals surface area contributed by atoms with Gasteiger partial charge >= 0.3 is 5.97 Å². The number of methoxy groups -OCH3 is 1. The second-order valence-corrected chi connectivity index (χ2v) is 5.02. The number of hydrogen-bond donors (Lipinski definition) is 2. The molecule has 0 saturated heterocycles. The van der Waals surface area contributed by atoms with Crippen LogP contribution < -0.4 is 10.2 Å². The standard InChI is InChI=1S/C13H13NO5S/c1-3-12(16)19-14-13(17)11-5-7-4-8(15)9(18-2)6-10(7)20-11/h4-6,15H,3H2,1-2H3,(H,14,17). The summed E-state index contributed by atoms with van der Waals surface area (Å²) in [5.41, 5.74) is 2.08. The van der Waals surface area contributed by atoms with E-state index in [-0.39, 0.29) is 12.2 Å². The third-order valence-electron chi connectivity index (χ3n) is 2.59. The van der Waals surface area contributed by atoms with Gasteiger partial charge in [-0.15, -0.1) is 11.3 Å². The van der Waals surface area contributed by atoms with Crippen molar-refractivity contribution in [3.05, 3.63) is 23.1 Å². The Balaban J connectivity index is 2.23. The SMILES string of the molecule is CCC(=O)ONC(=O)c1cc2cc(O)c(OC)cc2s1. The topological polar surface area (TPSA) is 84.9 Å². The Kier molecular flexibility index (Phi) is 4.09. The number of fused-ring (bicyclic) bond motifs is 1. The Hall–Kier alpha value is -2.28. The lowest BCUT2D eigenvalue weighted by Gasteiger charge is -2.01. The normalized spacial score (nSPS) is 10.3. The van der Waals surface area contributed by atoms with Crippen molar-refractivity contribution in [2.45, 2.75) is 13.3 Å². The van der Waals surface area contributed by atoms with Gasteiger partial charge in [0, 0.05) is 17.2 Å². The highest BCUT2D eigenvalue weighted by molar-refractivity contribution is 7.20. The van der Waals surface area contributed by atoms with Gasteiger partial charge in [-0.2, -0.15) is 5.48 Å². The first-order valence-electron chi connectivity index (χ1n) is 5.85. The van der Waals surface area contributed by atoms with Crippen LogP contribution in [-0.2, 0) is 9.63 Å². The molecule has 0 saturated carbocycles. The van der Waals surface area contributed by atoms with E-state index in [1.165, 1.54) is 24.5 Å². The number of carbonyl (C=O) groups is 2. The smallest absolute Gasteiger partial charge is 0.331 e. The predicted molar refractivity (Wildman–Crippen MR) is 73.9 cm³/mol. The van der Waals surface area contributed by atoms with Crippen molar-refractivity contribution in [1.82, 2.24) is 5.48 Å². The van der Waals surface area contributed by atoms with E-state index < -0.39 is 11.9 Å². The molecule has 1 aromatic carbocycles. The van der Waals surface area contributed by atoms with Crippen molar-refractivity contribution in [3.8, 4) is 11.5 Å². The number of benzene rings is 1. The molecule has 2 aromatic rings. The van der Waals surface area contributed by atoms with Crippen LogP contribution >= 0.6 is 11.3 Å². The highest BCUT2D eigenvalue weighted by atomic mass is 32.1. The number of phenols is 1. The second-order valence-electron chi connectivity index (χ2n) is 3.93. The molecule has 0 unspecified atom stereocenters. The fraction of sp³-hybridized carbons (Fsp3) is 0.231. The summed E-state index contributed by atoms with van der Waals surface area (Å²) >= 11 is 1.21. The fourth-order valence-corrected chi connectivity index (χ4v) is 2.52. The number of amides is 1. The quantitative estimate of drug-likeness (QED) is 0.848. The lowest BCUT2D eigenvalue weighted by molar-refractivity contribution is -0.148. The third kappa shape index (κ3) is 2.83. The fourth-order valence-electron chi connectivity index (χ4n) is 1.56. The minimum absolute atomic E-state index is 0.00201. The molecule has 0 spiro atoms. The van der Waals surface area contributed by atoms with Crippen molar-refractivity contribution in [3.63, 3.8) is 0 Å². The predicted octanol–water partition coefficient (Wildman–Crippen LogP) is 2.21. The number of hydroxylamine groups is 1. The second kappa shape index (κ2) is 5.79. The van der Waals surface area contributed by atoms with Gasteiger partial charge in [-0.25, -0.2) is 4.79 Å². The van der Waals surface area contributed by atoms with Crippen LogP contribution in [0.2, 0.25) is 0 Å². The molecule has 6 nitrogen and oxygen atoms in total. The van der Waals surface area contributed by atoms with Crippen LogP contribution in [-0.4, -0.2) is 24.1 Å². The Morgan fingerprint density at radius 1 is 1.35 bits per heavy atom. The van der Waals surface area contributed by atoms with Crippen molar-refractivity contribution in [2.75, 3.05) is 7.11 Å². The molecule has 106 valence electrons. The van der Waals surface area contributed by atoms with Gasteiger partial charge in [0.1, 0.15) is 0 Å². The van der Waals surface area contributed by atoms with Gasteiger partial charge in [-0.05, 0) is 17.5 Å². The highest BCUT2D eigenvalue weighted by Gasteiger charge is 2.14. The lowest BCUT2D eigenvalue weighted by atomic mass is 10.2. The number of thiophene rings is 1. The van der Waals surface area contributed by atoms with Crippen LogP contribution in [0.4, 0.5) is 0 Å². The maximum Gasteiger partial charge on any atom is 0.331 e. The van der Waals surface area contributed by atoms with Crippen molar-refractivity contribution < 1.29 is 24.3 Å². The molecule has 20 heavy (non-hydrogen) atoms. The van der Waals surface area contributed by atoms with Gasteiger partial charge in [-0.3, -0.25) is 4.79 Å². The van der Waals surface area contributed by atoms with E-state index in [9.17, 15) is 14.7 Å². The molecule has 2 rings (SSSR count). The van der Waals surface area contributed by atoms with E-state index in [1.54, 1.807) is 19.1 Å². The number of phenolic OH excluding ortho intramolecular Hbond substituents is 1. The van der Waals surface area contributed by atoms with Crippen LogP contribution in [0.3, 0.4) is 0 Å². The molecule has 1 amide bonds. The first-order valence-corrected chi connectivity index (χ1v) is 6.67. The van der Waals surface area contributed by atoms with Crippen LogP contribution in [0.5, 0.6) is 11.5 Å². The molecular weight excluding hydrogens is 282 g/mol. The zero-order chi connectivity index (χ0) is 14.7. The number of ether oxygens (including phenoxy) is 1. The summed E-state index contributed by atoms with van der Waals surface area (Å²) in [6, 6.07) is 4.76. The van der Waals surface area contributed by atoms with Gasteiger partial charge in [0.05, 0.1) is 12.0 Å². The third-order valence-corrected chi connectivity index (χ3v) is 3.68. The molecule has 0 aliphatic rings. The lowest BCUT2D eigenvalue weighted by Crippen LogP contribution is -2.25. The Morgan fingerprint density at radius 2 is 2.10 bits per heavy atom. The molecule has 0 aliphatic heterocycles. The van der Waals surface area contributed by atoms with Crippen molar-refractivity contribution in [1.29, 1.82) is 0 Å². The average Bonchev–Trinajstić information content (AvgIpc) is 2.85. The van der Waals surface area contributed by atoms with Gasteiger partial charge in [0.15, 0.2) is 11.5 Å². The monoisotopic (exact) mass is 295 g/mol. The van der Waals surface area contributed by atoms with E-state index in [0.29, 0.717) is 16.0 Å². The first-order chi connectivity index (χ1) is 9.55. The summed E-state index contributed by atoms with van der Waals surface area (Å²) in [5.74, 6) is -0.684. The van der Waals surface area contributed by atoms with Gasteiger partial charge in [0.25, 0.3) is 5.91 Å². The summed E-state index contributed by atoms with van der Waals surface area (Å²) in [7, 11) is 1.45. The molecule has 7 heteroatoms. The summed E-state index contributed by atoms with van der Waals surface area (Å²) in [5, 5.41) is 10.4. The molecule has 0 aliphatic carbocycles. The van der Waals surface area contributed by atoms with E-state index in [0.717, 1.165) is 4.70 Å². The maximum atomic E-state index is 11.8. The van der Waals surface area contributed by atoms with E-state index in [4.69, 9.17) is 4.74 Å². The van der Waals surface area contributed by atoms with Crippen LogP contribution in [0.15, 0.2) is 18.2 Å². The highest BCUT2D eigenvalue weighted by Crippen LogP contribution is 2.35. The molecule has 1 aromatic heterocycles. The molecule has 0 radical (unpaired) electrons. The number of aromatic hydroxyl groups is 1. The summed E-state index contributed by atoms with van der Waals surface area (Å²) in [4.78, 5) is 27.7. The molecule has 2 N–H and O–H groups in total. The molecule has 1 heterocycles. The molecule has 0 fully saturated rings. The number of carbonyl (C=O) groups excluding carboxylic acids is 2. The zero-order valence-corrected chi connectivity index (χ0v) is 11.7. The molecule has 0 bridgehead atoms. The van der Waals surface area contributed by atoms with Crippen LogP contribution in [0, 0.1) is 0 Å². The van der Waals surface area contributed by atoms with Gasteiger partial charge in [-0.1, -0.05) is 6.92 Å².